The smallest absolute Gasteiger partial charge is 0.274 e. The van der Waals surface area contributed by atoms with Gasteiger partial charge in [-0.2, -0.15) is 0 Å². The number of benzene rings is 2. The van der Waals surface area contributed by atoms with Gasteiger partial charge in [0.15, 0.2) is 5.69 Å². The van der Waals surface area contributed by atoms with E-state index in [2.05, 4.69) is 10.3 Å². The third-order valence-corrected chi connectivity index (χ3v) is 6.64. The highest BCUT2D eigenvalue weighted by atomic mass is 19.1. The number of carbonyl (C=O) groups excluding carboxylic acids is 2. The van der Waals surface area contributed by atoms with Crippen LogP contribution in [0.5, 0.6) is 0 Å². The van der Waals surface area contributed by atoms with Gasteiger partial charge in [0.25, 0.3) is 5.91 Å². The Balaban J connectivity index is 1.15. The van der Waals surface area contributed by atoms with Crippen molar-refractivity contribution in [2.24, 2.45) is 5.92 Å². The Hall–Kier alpha value is -3.52. The average Bonchev–Trinajstić information content (AvgIpc) is 3.32. The van der Waals surface area contributed by atoms with Crippen molar-refractivity contribution in [2.75, 3.05) is 13.1 Å². The Morgan fingerprint density at radius 3 is 2.53 bits per heavy atom. The lowest BCUT2D eigenvalue weighted by atomic mass is 9.95. The Morgan fingerprint density at radius 1 is 1.06 bits per heavy atom. The molecule has 2 aliphatic rings. The van der Waals surface area contributed by atoms with E-state index in [0.29, 0.717) is 51.3 Å². The van der Waals surface area contributed by atoms with E-state index < -0.39 is 0 Å². The Kier molecular flexibility index (Phi) is 6.40. The first-order valence-electron chi connectivity index (χ1n) is 11.6. The van der Waals surface area contributed by atoms with E-state index in [9.17, 15) is 14.0 Å². The molecule has 1 aromatic heterocycles. The van der Waals surface area contributed by atoms with Crippen molar-refractivity contribution in [2.45, 2.75) is 38.6 Å². The molecule has 0 saturated carbocycles. The van der Waals surface area contributed by atoms with Crippen LogP contribution in [0.4, 0.5) is 4.39 Å². The summed E-state index contributed by atoms with van der Waals surface area (Å²) in [5.41, 5.74) is 3.19. The SMILES string of the molecule is O=C(NCc1ccc(F)cc1)C1CCN(C(=O)c2ncn3c2COC(c2ccccc2)C3)CC1. The highest BCUT2D eigenvalue weighted by Crippen LogP contribution is 2.28. The molecule has 1 fully saturated rings. The largest absolute Gasteiger partial charge is 0.365 e. The molecule has 1 N–H and O–H groups in total. The number of fused-ring (bicyclic) bond motifs is 1. The molecule has 0 radical (unpaired) electrons. The number of ether oxygens (including phenoxy) is 1. The maximum atomic E-state index is 13.2. The zero-order valence-electron chi connectivity index (χ0n) is 18.8. The normalized spacial score (nSPS) is 18.4. The van der Waals surface area contributed by atoms with Crippen LogP contribution in [-0.4, -0.2) is 39.4 Å². The van der Waals surface area contributed by atoms with E-state index in [1.807, 2.05) is 34.9 Å². The number of hydrogen-bond donors (Lipinski definition) is 1. The molecule has 1 unspecified atom stereocenters. The number of rotatable bonds is 5. The number of aromatic nitrogens is 2. The molecule has 176 valence electrons. The molecule has 8 heteroatoms. The summed E-state index contributed by atoms with van der Waals surface area (Å²) in [5, 5.41) is 2.92. The van der Waals surface area contributed by atoms with Crippen molar-refractivity contribution in [3.63, 3.8) is 0 Å². The molecule has 0 aliphatic carbocycles. The number of likely N-dealkylation sites (tertiary alicyclic amines) is 1. The first-order valence-corrected chi connectivity index (χ1v) is 11.6. The van der Waals surface area contributed by atoms with Crippen LogP contribution >= 0.6 is 0 Å². The van der Waals surface area contributed by atoms with Gasteiger partial charge in [-0.15, -0.1) is 0 Å². The molecule has 5 rings (SSSR count). The fraction of sp³-hybridized carbons (Fsp3) is 0.346. The van der Waals surface area contributed by atoms with Crippen molar-refractivity contribution >= 4 is 11.8 Å². The Morgan fingerprint density at radius 2 is 1.79 bits per heavy atom. The van der Waals surface area contributed by atoms with E-state index in [1.54, 1.807) is 23.4 Å². The lowest BCUT2D eigenvalue weighted by Crippen LogP contribution is -2.43. The van der Waals surface area contributed by atoms with Crippen LogP contribution in [0.2, 0.25) is 0 Å². The van der Waals surface area contributed by atoms with Gasteiger partial charge >= 0.3 is 0 Å². The molecule has 2 aromatic carbocycles. The lowest BCUT2D eigenvalue weighted by Gasteiger charge is -2.31. The van der Waals surface area contributed by atoms with Gasteiger partial charge in [0.05, 0.1) is 25.2 Å². The first-order chi connectivity index (χ1) is 16.6. The Labute approximate surface area is 197 Å². The summed E-state index contributed by atoms with van der Waals surface area (Å²) in [4.78, 5) is 31.9. The molecular weight excluding hydrogens is 435 g/mol. The summed E-state index contributed by atoms with van der Waals surface area (Å²) in [6.07, 6.45) is 2.86. The standard InChI is InChI=1S/C26H27FN4O3/c27-21-8-6-18(7-9-21)14-28-25(32)20-10-12-30(13-11-20)26(33)24-22-16-34-23(15-31(22)17-29-24)19-4-2-1-3-5-19/h1-9,17,20,23H,10-16H2,(H,28,32). The zero-order chi connectivity index (χ0) is 23.5. The molecule has 0 bridgehead atoms. The molecule has 34 heavy (non-hydrogen) atoms. The van der Waals surface area contributed by atoms with E-state index in [1.165, 1.54) is 12.1 Å². The van der Waals surface area contributed by atoms with Crippen LogP contribution in [0.1, 0.15) is 46.3 Å². The molecule has 7 nitrogen and oxygen atoms in total. The molecule has 3 aromatic rings. The maximum absolute atomic E-state index is 13.2. The van der Waals surface area contributed by atoms with Crippen LogP contribution in [0, 0.1) is 11.7 Å². The summed E-state index contributed by atoms with van der Waals surface area (Å²) < 4.78 is 21.1. The second-order valence-corrected chi connectivity index (χ2v) is 8.81. The summed E-state index contributed by atoms with van der Waals surface area (Å²) in [7, 11) is 0. The monoisotopic (exact) mass is 462 g/mol. The molecule has 3 heterocycles. The summed E-state index contributed by atoms with van der Waals surface area (Å²) in [5.74, 6) is -0.583. The summed E-state index contributed by atoms with van der Waals surface area (Å²) in [6, 6.07) is 16.1. The molecule has 1 saturated heterocycles. The maximum Gasteiger partial charge on any atom is 0.274 e. The second kappa shape index (κ2) is 9.77. The average molecular weight is 463 g/mol. The number of halogens is 1. The summed E-state index contributed by atoms with van der Waals surface area (Å²) >= 11 is 0. The second-order valence-electron chi connectivity index (χ2n) is 8.81. The van der Waals surface area contributed by atoms with Crippen LogP contribution in [-0.2, 0) is 29.2 Å². The lowest BCUT2D eigenvalue weighted by molar-refractivity contribution is -0.126. The van der Waals surface area contributed by atoms with Gasteiger partial charge in [-0.05, 0) is 36.1 Å². The van der Waals surface area contributed by atoms with Gasteiger partial charge in [-0.3, -0.25) is 9.59 Å². The van der Waals surface area contributed by atoms with Crippen LogP contribution in [0.25, 0.3) is 0 Å². The molecular formula is C26H27FN4O3. The third kappa shape index (κ3) is 4.72. The van der Waals surface area contributed by atoms with Crippen molar-refractivity contribution in [1.82, 2.24) is 19.8 Å². The van der Waals surface area contributed by atoms with E-state index in [0.717, 1.165) is 16.8 Å². The van der Waals surface area contributed by atoms with Crippen molar-refractivity contribution in [3.8, 4) is 0 Å². The van der Waals surface area contributed by atoms with Crippen LogP contribution < -0.4 is 5.32 Å². The molecule has 2 aliphatic heterocycles. The number of imidazole rings is 1. The quantitative estimate of drug-likeness (QED) is 0.630. The predicted octanol–water partition coefficient (Wildman–Crippen LogP) is 3.46. The topological polar surface area (TPSA) is 76.5 Å². The number of nitrogens with zero attached hydrogens (tertiary/aromatic N) is 3. The molecule has 1 atom stereocenters. The Bertz CT molecular complexity index is 1150. The minimum absolute atomic E-state index is 0.0313. The molecule has 0 spiro atoms. The van der Waals surface area contributed by atoms with Crippen molar-refractivity contribution < 1.29 is 18.7 Å². The molecule has 2 amide bonds. The van der Waals surface area contributed by atoms with Gasteiger partial charge in [0.1, 0.15) is 11.9 Å². The van der Waals surface area contributed by atoms with Gasteiger partial charge < -0.3 is 19.5 Å². The van der Waals surface area contributed by atoms with Crippen LogP contribution in [0.15, 0.2) is 60.9 Å². The fourth-order valence-electron chi connectivity index (χ4n) is 4.61. The fourth-order valence-corrected chi connectivity index (χ4v) is 4.61. The zero-order valence-corrected chi connectivity index (χ0v) is 18.8. The predicted molar refractivity (Wildman–Crippen MR) is 123 cm³/mol. The van der Waals surface area contributed by atoms with Gasteiger partial charge in [0, 0.05) is 25.6 Å². The minimum Gasteiger partial charge on any atom is -0.365 e. The van der Waals surface area contributed by atoms with Crippen LogP contribution in [0.3, 0.4) is 0 Å². The first kappa shape index (κ1) is 22.3. The number of nitrogens with one attached hydrogen (secondary N) is 1. The number of piperidine rings is 1. The van der Waals surface area contributed by atoms with Gasteiger partial charge in [-0.25, -0.2) is 9.37 Å². The number of amides is 2. The van der Waals surface area contributed by atoms with E-state index in [-0.39, 0.29) is 29.7 Å². The third-order valence-electron chi connectivity index (χ3n) is 6.64. The number of hydrogen-bond acceptors (Lipinski definition) is 4. The van der Waals surface area contributed by atoms with Gasteiger partial charge in [0.2, 0.25) is 5.91 Å². The van der Waals surface area contributed by atoms with Crippen molar-refractivity contribution in [1.29, 1.82) is 0 Å². The van der Waals surface area contributed by atoms with E-state index in [4.69, 9.17) is 4.74 Å². The minimum atomic E-state index is -0.298. The highest BCUT2D eigenvalue weighted by Gasteiger charge is 2.32. The summed E-state index contributed by atoms with van der Waals surface area (Å²) in [6.45, 7) is 2.34. The highest BCUT2D eigenvalue weighted by molar-refractivity contribution is 5.93. The van der Waals surface area contributed by atoms with Gasteiger partial charge in [-0.1, -0.05) is 42.5 Å². The van der Waals surface area contributed by atoms with E-state index >= 15 is 0 Å². The van der Waals surface area contributed by atoms with Crippen molar-refractivity contribution in [3.05, 3.63) is 89.3 Å². The number of carbonyl (C=O) groups is 2.